The number of halogens is 4. The second kappa shape index (κ2) is 49.0. The van der Waals surface area contributed by atoms with Crippen LogP contribution in [0, 0.1) is 0 Å². The highest BCUT2D eigenvalue weighted by Gasteiger charge is 2.44. The van der Waals surface area contributed by atoms with Crippen molar-refractivity contribution in [2.75, 3.05) is 70.2 Å². The van der Waals surface area contributed by atoms with Crippen LogP contribution < -0.4 is 87.4 Å². The molecular weight excluding hydrogens is 1810 g/mol. The first-order valence-electron chi connectivity index (χ1n) is 41.8. The number of hydrogen-bond acceptors (Lipinski definition) is 19. The first kappa shape index (κ1) is 99.1. The monoisotopic (exact) mass is 1910 g/mol. The predicted octanol–water partition coefficient (Wildman–Crippen LogP) is 30.9. The number of rotatable bonds is 52. The molecule has 0 bridgehead atoms. The van der Waals surface area contributed by atoms with E-state index in [0.717, 1.165) is 44.5 Å². The average Bonchev–Trinajstić information content (AvgIpc) is 0.784. The van der Waals surface area contributed by atoms with E-state index >= 15 is 0 Å². The van der Waals surface area contributed by atoms with Crippen molar-refractivity contribution < 1.29 is 90.9 Å². The molecule has 0 heterocycles. The Hall–Kier alpha value is -12.9. The minimum atomic E-state index is -4.21. The van der Waals surface area contributed by atoms with Crippen LogP contribution >= 0.6 is 51.5 Å². The molecule has 0 amide bonds. The highest BCUT2D eigenvalue weighted by molar-refractivity contribution is 7.69. The summed E-state index contributed by atoms with van der Waals surface area (Å²) in [6.45, 7) is 31.9. The van der Waals surface area contributed by atoms with Crippen LogP contribution in [-0.4, -0.2) is 56.9 Å². The van der Waals surface area contributed by atoms with Gasteiger partial charge < -0.3 is 74.1 Å². The second-order valence-electron chi connectivity index (χ2n) is 29.2. The van der Waals surface area contributed by atoms with Crippen LogP contribution in [-0.2, 0) is 51.4 Å². The van der Waals surface area contributed by atoms with E-state index in [9.17, 15) is 16.8 Å². The molecule has 0 saturated heterocycles. The molecule has 0 fully saturated rings. The summed E-state index contributed by atoms with van der Waals surface area (Å²) in [5.41, 5.74) is 11.3. The molecule has 19 nitrogen and oxygen atoms in total. The van der Waals surface area contributed by atoms with Crippen LogP contribution in [0.1, 0.15) is 44.5 Å². The van der Waals surface area contributed by atoms with Crippen molar-refractivity contribution in [3.63, 3.8) is 0 Å². The van der Waals surface area contributed by atoms with Crippen LogP contribution in [0.4, 0.5) is 33.8 Å². The Labute approximate surface area is 783 Å². The second-order valence-corrected chi connectivity index (χ2v) is 36.8. The zero-order valence-electron chi connectivity index (χ0n) is 75.0. The van der Waals surface area contributed by atoms with Gasteiger partial charge in [0, 0.05) is 0 Å². The zero-order chi connectivity index (χ0) is 94.5. The molecule has 0 aliphatic carbocycles. The zero-order valence-corrected chi connectivity index (χ0v) is 80.4. The fraction of sp³-hybridized carbons (Fsp3) is 0.154. The van der Waals surface area contributed by atoms with Crippen molar-refractivity contribution >= 4 is 68.6 Å². The van der Waals surface area contributed by atoms with Crippen molar-refractivity contribution in [1.29, 1.82) is 0 Å². The Balaban J connectivity index is 1.09. The molecule has 12 aromatic rings. The normalized spacial score (nSPS) is 11.0. The molecule has 0 saturated carbocycles. The van der Waals surface area contributed by atoms with Gasteiger partial charge in [-0.2, -0.15) is 25.7 Å². The van der Waals surface area contributed by atoms with Gasteiger partial charge in [-0.3, -0.25) is 0 Å². The number of ether oxygens (including phenoxy) is 8. The fourth-order valence-corrected chi connectivity index (χ4v) is 21.4. The first-order valence-corrected chi connectivity index (χ1v) is 48.4. The maximum absolute atomic E-state index is 14.6. The lowest BCUT2D eigenvalue weighted by Crippen LogP contribution is -2.22. The van der Waals surface area contributed by atoms with Crippen molar-refractivity contribution in [1.82, 2.24) is 0 Å². The van der Waals surface area contributed by atoms with E-state index in [-0.39, 0.29) is 56.1 Å². The van der Waals surface area contributed by atoms with Gasteiger partial charge in [-0.05, 0) is 281 Å². The molecule has 0 unspecified atom stereocenters. The highest BCUT2D eigenvalue weighted by atomic mass is 31.3. The number of anilines is 3. The molecule has 12 rings (SSSR count). The van der Waals surface area contributed by atoms with Gasteiger partial charge in [0.25, 0.3) is 0 Å². The molecule has 0 spiro atoms. The summed E-state index contributed by atoms with van der Waals surface area (Å²) in [6.07, 6.45) is 18.5. The SMILES string of the molecule is C=CCc1ccc(OP(Oc2ccc(CC=C)cc2OC)N(c2ccc(-c3cc(-c4ccc(N(P(F)F)P(F)F)cc4)cc(-c4ccc(N(P(Oc5ccc(CC=C)cc5OC)Oc5ccc(CC=C)cc5OC)P(Oc5ccc(CC=C)cc5OC)Oc5ccc(CC=C)cc5OC)cc4)c3)cc2)P(Oc2ccc(CC=C)cc2OC)Oc2ccc(CC=C)cc2OC)c(OC)c1. The van der Waals surface area contributed by atoms with E-state index in [2.05, 4.69) is 52.6 Å². The Bertz CT molecular complexity index is 5190. The Morgan fingerprint density at radius 3 is 0.481 bits per heavy atom. The lowest BCUT2D eigenvalue weighted by atomic mass is 9.93. The van der Waals surface area contributed by atoms with Gasteiger partial charge in [-0.15, -0.1) is 52.6 Å². The average molecular weight is 1910 g/mol. The van der Waals surface area contributed by atoms with E-state index in [0.29, 0.717) is 142 Å². The van der Waals surface area contributed by atoms with E-state index in [1.165, 1.54) is 12.1 Å². The highest BCUT2D eigenvalue weighted by Crippen LogP contribution is 2.67. The van der Waals surface area contributed by atoms with Crippen molar-refractivity contribution in [3.8, 4) is 125 Å². The van der Waals surface area contributed by atoms with E-state index in [4.69, 9.17) is 74.1 Å². The largest absolute Gasteiger partial charge is 0.493 e. The van der Waals surface area contributed by atoms with Crippen LogP contribution in [0.3, 0.4) is 0 Å². The minimum Gasteiger partial charge on any atom is -0.493 e. The van der Waals surface area contributed by atoms with Gasteiger partial charge in [0.05, 0.1) is 73.9 Å². The van der Waals surface area contributed by atoms with Crippen molar-refractivity contribution in [3.05, 3.63) is 382 Å². The molecule has 0 aromatic heterocycles. The van der Waals surface area contributed by atoms with Gasteiger partial charge in [-0.25, -0.2) is 4.44 Å². The Morgan fingerprint density at radius 2 is 0.346 bits per heavy atom. The first-order chi connectivity index (χ1) is 64.8. The standard InChI is InChI=1S/C104H103F4N3O16P6/c1-17-25-72-33-53-89(97(61-72)112-9)120-130(121-90-54-34-73(26-18-2)62-98(90)113-10)110(131(122-91-55-35-74(27-19-3)63-99(91)114-11)123-92-56-36-75(28-20-4)64-100(92)115-12)87-49-43-81(44-50-87)84-69-83(80-41-47-86(48-42-80)109(128(105)106)129(107)108)70-85(71-84)82-45-51-88(52-46-82)111(132(124-93-57-37-76(29-21-5)65-101(93)116-13)125-94-58-38-77(30-22-6)66-102(94)117-14)133(126-95-59-39-78(31-23-7)67-103(95)118-15)127-96-60-40-79(32-24-8)68-104(96)119-16/h17-24,33-71H,1-8,25-32H2,9-16H3. The molecule has 12 aromatic carbocycles. The van der Waals surface area contributed by atoms with Gasteiger partial charge in [0.15, 0.2) is 92.0 Å². The quantitative estimate of drug-likeness (QED) is 0.0201. The molecular formula is C104H103F4N3O16P6. The number of benzene rings is 12. The number of nitrogens with zero attached hydrogens (tertiary/aromatic N) is 3. The van der Waals surface area contributed by atoms with E-state index < -0.39 is 51.5 Å². The maximum atomic E-state index is 14.6. The molecule has 29 heteroatoms. The maximum Gasteiger partial charge on any atom is 0.426 e. The molecule has 133 heavy (non-hydrogen) atoms. The lowest BCUT2D eigenvalue weighted by Gasteiger charge is -2.35. The van der Waals surface area contributed by atoms with E-state index in [1.54, 1.807) is 175 Å². The van der Waals surface area contributed by atoms with Crippen LogP contribution in [0.2, 0.25) is 0 Å². The van der Waals surface area contributed by atoms with Crippen molar-refractivity contribution in [2.24, 2.45) is 0 Å². The van der Waals surface area contributed by atoms with Gasteiger partial charge in [0.1, 0.15) is 0 Å². The van der Waals surface area contributed by atoms with Gasteiger partial charge >= 0.3 is 51.5 Å². The molecule has 0 N–H and O–H groups in total. The summed E-state index contributed by atoms with van der Waals surface area (Å²) in [6, 6.07) is 71.2. The van der Waals surface area contributed by atoms with E-state index in [1.807, 2.05) is 164 Å². The van der Waals surface area contributed by atoms with Crippen LogP contribution in [0.5, 0.6) is 92.0 Å². The topological polar surface area (TPSA) is 157 Å². The van der Waals surface area contributed by atoms with Crippen molar-refractivity contribution in [2.45, 2.75) is 51.4 Å². The third-order valence-corrected chi connectivity index (χ3v) is 29.0. The summed E-state index contributed by atoms with van der Waals surface area (Å²) in [5.74, 6) is 5.28. The Kier molecular flexibility index (Phi) is 36.5. The smallest absolute Gasteiger partial charge is 0.426 e. The van der Waals surface area contributed by atoms with Crippen LogP contribution in [0.25, 0.3) is 33.4 Å². The summed E-state index contributed by atoms with van der Waals surface area (Å²) in [5, 5.41) is 0. The molecule has 0 radical (unpaired) electrons. The summed E-state index contributed by atoms with van der Waals surface area (Å²) < 4.78 is 170. The third-order valence-electron chi connectivity index (χ3n) is 20.4. The van der Waals surface area contributed by atoms with Gasteiger partial charge in [-0.1, -0.05) is 134 Å². The number of hydrogen-bond donors (Lipinski definition) is 0. The minimum absolute atomic E-state index is 0.125. The number of allylic oxidation sites excluding steroid dienone is 8. The molecule has 688 valence electrons. The van der Waals surface area contributed by atoms with Crippen LogP contribution in [0.15, 0.2) is 338 Å². The fourth-order valence-electron chi connectivity index (χ4n) is 13.9. The van der Waals surface area contributed by atoms with Gasteiger partial charge in [0.2, 0.25) is 0 Å². The molecule has 0 aliphatic rings. The molecule has 0 atom stereocenters. The number of methoxy groups -OCH3 is 8. The summed E-state index contributed by atoms with van der Waals surface area (Å²) in [7, 11) is -6.49. The molecule has 0 aliphatic heterocycles. The predicted molar refractivity (Wildman–Crippen MR) is 536 cm³/mol. The summed E-state index contributed by atoms with van der Waals surface area (Å²) in [4.78, 5) is 0. The third kappa shape index (κ3) is 25.5. The Morgan fingerprint density at radius 1 is 0.195 bits per heavy atom. The lowest BCUT2D eigenvalue weighted by molar-refractivity contribution is 0.373. The summed E-state index contributed by atoms with van der Waals surface area (Å²) >= 11 is 0.